The quantitative estimate of drug-likeness (QED) is 0.713. The molecule has 7 heteroatoms. The summed E-state index contributed by atoms with van der Waals surface area (Å²) < 4.78 is 11.6. The minimum atomic E-state index is -0.874. The summed E-state index contributed by atoms with van der Waals surface area (Å²) in [6.45, 7) is 3.37. The average Bonchev–Trinajstić information content (AvgIpc) is 2.92. The molecule has 7 nitrogen and oxygen atoms in total. The molecule has 3 aliphatic rings. The fraction of sp³-hybridized carbons (Fsp3) is 0.333. The Kier molecular flexibility index (Phi) is 4.81. The molecule has 2 aromatic rings. The minimum absolute atomic E-state index is 0.0429. The van der Waals surface area contributed by atoms with Gasteiger partial charge >= 0.3 is 0 Å². The number of nitrogens with zero attached hydrogens (tertiary/aromatic N) is 2. The van der Waals surface area contributed by atoms with Crippen LogP contribution in [-0.4, -0.2) is 54.0 Å². The number of ether oxygens (including phenoxy) is 2. The van der Waals surface area contributed by atoms with Crippen LogP contribution >= 0.6 is 0 Å². The molecule has 0 aromatic heterocycles. The van der Waals surface area contributed by atoms with Crippen LogP contribution in [-0.2, 0) is 11.2 Å². The summed E-state index contributed by atoms with van der Waals surface area (Å²) in [5.41, 5.74) is 3.28. The first-order chi connectivity index (χ1) is 15.0. The number of imide groups is 1. The number of carbonyl (C=O) groups excluding carboxylic acids is 3. The Morgan fingerprint density at radius 2 is 1.68 bits per heavy atom. The first-order valence-corrected chi connectivity index (χ1v) is 10.5. The number of Topliss-reactive ketones (excluding diaryl/α,β-unsaturated/α-hetero) is 1. The first-order valence-electron chi connectivity index (χ1n) is 10.5. The number of amides is 2. The van der Waals surface area contributed by atoms with Crippen LogP contribution in [0.5, 0.6) is 11.5 Å². The number of hydrogen-bond acceptors (Lipinski definition) is 6. The zero-order valence-corrected chi connectivity index (χ0v) is 17.2. The third kappa shape index (κ3) is 3.30. The molecule has 0 bridgehead atoms. The number of aliphatic imine (C=N–C) groups is 1. The second-order valence-electron chi connectivity index (χ2n) is 7.93. The second kappa shape index (κ2) is 7.65. The molecule has 0 radical (unpaired) electrons. The highest BCUT2D eigenvalue weighted by atomic mass is 16.5. The molecule has 2 amide bonds. The van der Waals surface area contributed by atoms with Gasteiger partial charge in [0.15, 0.2) is 17.3 Å². The Labute approximate surface area is 179 Å². The zero-order chi connectivity index (χ0) is 21.5. The van der Waals surface area contributed by atoms with Crippen LogP contribution in [0, 0.1) is 0 Å². The highest BCUT2D eigenvalue weighted by molar-refractivity contribution is 6.24. The molecule has 3 heterocycles. The van der Waals surface area contributed by atoms with E-state index < -0.39 is 17.9 Å². The fourth-order valence-electron chi connectivity index (χ4n) is 4.29. The highest BCUT2D eigenvalue weighted by Gasteiger charge is 2.40. The van der Waals surface area contributed by atoms with Gasteiger partial charge in [-0.1, -0.05) is 12.1 Å². The summed E-state index contributed by atoms with van der Waals surface area (Å²) in [6, 6.07) is 9.65. The van der Waals surface area contributed by atoms with E-state index in [0.717, 1.165) is 34.6 Å². The van der Waals surface area contributed by atoms with Gasteiger partial charge < -0.3 is 9.47 Å². The summed E-state index contributed by atoms with van der Waals surface area (Å²) in [7, 11) is 0. The van der Waals surface area contributed by atoms with E-state index in [1.807, 2.05) is 12.1 Å². The van der Waals surface area contributed by atoms with E-state index in [1.54, 1.807) is 31.2 Å². The summed E-state index contributed by atoms with van der Waals surface area (Å²) in [5, 5.41) is 0. The van der Waals surface area contributed by atoms with E-state index in [2.05, 4.69) is 4.99 Å². The molecule has 0 N–H and O–H groups in total. The zero-order valence-electron chi connectivity index (χ0n) is 17.2. The minimum Gasteiger partial charge on any atom is -0.490 e. The molecule has 0 unspecified atom stereocenters. The van der Waals surface area contributed by atoms with Gasteiger partial charge in [0.1, 0.15) is 0 Å². The van der Waals surface area contributed by atoms with Gasteiger partial charge in [-0.3, -0.25) is 24.3 Å². The summed E-state index contributed by atoms with van der Waals surface area (Å²) in [5.74, 6) is 0.301. The van der Waals surface area contributed by atoms with Crippen molar-refractivity contribution in [2.75, 3.05) is 19.8 Å². The van der Waals surface area contributed by atoms with Crippen LogP contribution in [0.4, 0.5) is 0 Å². The lowest BCUT2D eigenvalue weighted by Crippen LogP contribution is -2.43. The number of hydrogen-bond donors (Lipinski definition) is 0. The third-order valence-corrected chi connectivity index (χ3v) is 5.99. The molecule has 0 saturated heterocycles. The third-order valence-electron chi connectivity index (χ3n) is 5.99. The fourth-order valence-corrected chi connectivity index (χ4v) is 4.29. The lowest BCUT2D eigenvalue weighted by molar-refractivity contribution is -0.121. The van der Waals surface area contributed by atoms with Crippen LogP contribution in [0.15, 0.2) is 41.4 Å². The van der Waals surface area contributed by atoms with Crippen molar-refractivity contribution >= 4 is 23.3 Å². The lowest BCUT2D eigenvalue weighted by atomic mass is 9.92. The van der Waals surface area contributed by atoms with Crippen LogP contribution in [0.1, 0.15) is 51.6 Å². The maximum atomic E-state index is 13.1. The Morgan fingerprint density at radius 1 is 1.03 bits per heavy atom. The van der Waals surface area contributed by atoms with E-state index in [-0.39, 0.29) is 12.2 Å². The lowest BCUT2D eigenvalue weighted by Gasteiger charge is -2.23. The second-order valence-corrected chi connectivity index (χ2v) is 7.93. The molecular weight excluding hydrogens is 396 g/mol. The van der Waals surface area contributed by atoms with Gasteiger partial charge in [0.05, 0.1) is 36.8 Å². The molecule has 3 aliphatic heterocycles. The van der Waals surface area contributed by atoms with Crippen molar-refractivity contribution in [1.29, 1.82) is 0 Å². The SMILES string of the molecule is C[C@@H](C(=O)CC1=NCCc2cc3c(cc21)OCCCO3)N1C(=O)c2ccccc2C1=O. The van der Waals surface area contributed by atoms with Crippen LogP contribution in [0.3, 0.4) is 0 Å². The Bertz CT molecular complexity index is 1100. The van der Waals surface area contributed by atoms with Gasteiger partial charge in [-0.2, -0.15) is 0 Å². The monoisotopic (exact) mass is 418 g/mol. The van der Waals surface area contributed by atoms with Crippen molar-refractivity contribution in [3.63, 3.8) is 0 Å². The van der Waals surface area contributed by atoms with Crippen LogP contribution in [0.25, 0.3) is 0 Å². The van der Waals surface area contributed by atoms with Crippen molar-refractivity contribution in [1.82, 2.24) is 4.90 Å². The van der Waals surface area contributed by atoms with Gasteiger partial charge in [0.2, 0.25) is 0 Å². The first kappa shape index (κ1) is 19.5. The molecule has 0 saturated carbocycles. The van der Waals surface area contributed by atoms with Crippen LogP contribution in [0.2, 0.25) is 0 Å². The number of benzene rings is 2. The molecule has 31 heavy (non-hydrogen) atoms. The molecular formula is C24H22N2O5. The average molecular weight is 418 g/mol. The van der Waals surface area contributed by atoms with Gasteiger partial charge in [0.25, 0.3) is 11.8 Å². The van der Waals surface area contributed by atoms with Crippen LogP contribution < -0.4 is 9.47 Å². The Hall–Kier alpha value is -3.48. The largest absolute Gasteiger partial charge is 0.490 e. The number of fused-ring (bicyclic) bond motifs is 3. The molecule has 0 spiro atoms. The van der Waals surface area contributed by atoms with Crippen molar-refractivity contribution in [3.8, 4) is 11.5 Å². The van der Waals surface area contributed by atoms with Crippen molar-refractivity contribution in [2.45, 2.75) is 32.2 Å². The molecule has 5 rings (SSSR count). The molecule has 1 atom stereocenters. The predicted molar refractivity (Wildman–Crippen MR) is 113 cm³/mol. The highest BCUT2D eigenvalue weighted by Crippen LogP contribution is 2.35. The van der Waals surface area contributed by atoms with E-state index >= 15 is 0 Å². The molecule has 0 aliphatic carbocycles. The van der Waals surface area contributed by atoms with E-state index in [9.17, 15) is 14.4 Å². The number of rotatable bonds is 4. The maximum absolute atomic E-state index is 13.1. The van der Waals surface area contributed by atoms with E-state index in [4.69, 9.17) is 9.47 Å². The van der Waals surface area contributed by atoms with Gasteiger partial charge in [-0.15, -0.1) is 0 Å². The van der Waals surface area contributed by atoms with E-state index in [0.29, 0.717) is 42.3 Å². The smallest absolute Gasteiger partial charge is 0.262 e. The van der Waals surface area contributed by atoms with Gasteiger partial charge in [0, 0.05) is 24.2 Å². The Morgan fingerprint density at radius 3 is 2.35 bits per heavy atom. The van der Waals surface area contributed by atoms with Crippen molar-refractivity contribution < 1.29 is 23.9 Å². The van der Waals surface area contributed by atoms with E-state index in [1.165, 1.54) is 0 Å². The standard InChI is InChI=1S/C24H22N2O5/c1-14(26-23(28)16-5-2-3-6-17(16)24(26)29)20(27)13-19-18-12-22-21(30-9-4-10-31-22)11-15(18)7-8-25-19/h2-3,5-6,11-12,14H,4,7-10,13H2,1H3/t14-/m0/s1. The molecule has 2 aromatic carbocycles. The summed E-state index contributed by atoms with van der Waals surface area (Å²) in [6.07, 6.45) is 1.62. The van der Waals surface area contributed by atoms with Gasteiger partial charge in [-0.25, -0.2) is 0 Å². The summed E-state index contributed by atoms with van der Waals surface area (Å²) >= 11 is 0. The number of ketones is 1. The maximum Gasteiger partial charge on any atom is 0.262 e. The normalized spacial score (nSPS) is 18.1. The summed E-state index contributed by atoms with van der Waals surface area (Å²) in [4.78, 5) is 44.2. The molecule has 158 valence electrons. The van der Waals surface area contributed by atoms with Crippen molar-refractivity contribution in [2.24, 2.45) is 4.99 Å². The topological polar surface area (TPSA) is 85.3 Å². The predicted octanol–water partition coefficient (Wildman–Crippen LogP) is 2.84. The van der Waals surface area contributed by atoms with Gasteiger partial charge in [-0.05, 0) is 43.2 Å². The van der Waals surface area contributed by atoms with Crippen molar-refractivity contribution in [3.05, 3.63) is 58.7 Å². The Balaban J connectivity index is 1.38. The number of carbonyl (C=O) groups is 3. The molecule has 0 fully saturated rings.